The maximum Gasteiger partial charge on any atom is 0.119 e. The molecule has 0 radical (unpaired) electrons. The van der Waals surface area contributed by atoms with Gasteiger partial charge in [0.15, 0.2) is 0 Å². The highest BCUT2D eigenvalue weighted by molar-refractivity contribution is 7.78. The zero-order chi connectivity index (χ0) is 14.8. The highest BCUT2D eigenvalue weighted by Gasteiger charge is 2.26. The lowest BCUT2D eigenvalue weighted by atomic mass is 9.78. The highest BCUT2D eigenvalue weighted by atomic mass is 32.1. The van der Waals surface area contributed by atoms with E-state index in [1.165, 1.54) is 0 Å². The lowest BCUT2D eigenvalue weighted by Gasteiger charge is -2.28. The molecule has 0 N–H and O–H groups in total. The molecule has 0 amide bonds. The standard InChI is InChI=1S/C16H23NOS/c1-15(2,3)12-8-11(18-7)9-13(16(4,5)6)14(12)17-10-19/h8-9H,1-7H3. The van der Waals surface area contributed by atoms with Crippen LogP contribution in [0.2, 0.25) is 0 Å². The Morgan fingerprint density at radius 2 is 1.42 bits per heavy atom. The molecule has 2 nitrogen and oxygen atoms in total. The van der Waals surface area contributed by atoms with E-state index < -0.39 is 0 Å². The SMILES string of the molecule is COc1cc(C(C)(C)C)c(N=C=S)c(C(C)(C)C)c1. The lowest BCUT2D eigenvalue weighted by molar-refractivity contribution is 0.410. The molecule has 0 aliphatic carbocycles. The maximum atomic E-state index is 5.43. The van der Waals surface area contributed by atoms with Gasteiger partial charge in [-0.3, -0.25) is 0 Å². The molecule has 0 aliphatic heterocycles. The van der Waals surface area contributed by atoms with Crippen molar-refractivity contribution in [3.05, 3.63) is 23.3 Å². The first-order chi connectivity index (χ1) is 8.61. The molecule has 1 aromatic rings. The number of aliphatic imine (C=N–C) groups is 1. The highest BCUT2D eigenvalue weighted by Crippen LogP contribution is 2.42. The third-order valence-corrected chi connectivity index (χ3v) is 3.18. The minimum atomic E-state index is -0.0282. The first-order valence-corrected chi connectivity index (χ1v) is 6.83. The zero-order valence-electron chi connectivity index (χ0n) is 12.9. The summed E-state index contributed by atoms with van der Waals surface area (Å²) in [7, 11) is 1.69. The largest absolute Gasteiger partial charge is 0.497 e. The van der Waals surface area contributed by atoms with Crippen molar-refractivity contribution < 1.29 is 4.74 Å². The number of nitrogens with zero attached hydrogens (tertiary/aromatic N) is 1. The van der Waals surface area contributed by atoms with Crippen LogP contribution < -0.4 is 4.74 Å². The second-order valence-corrected chi connectivity index (χ2v) is 6.96. The molecule has 0 aromatic heterocycles. The van der Waals surface area contributed by atoms with Crippen molar-refractivity contribution in [2.45, 2.75) is 52.4 Å². The third kappa shape index (κ3) is 3.65. The van der Waals surface area contributed by atoms with Crippen LogP contribution in [0.25, 0.3) is 0 Å². The molecule has 1 aromatic carbocycles. The molecule has 0 aliphatic rings. The summed E-state index contributed by atoms with van der Waals surface area (Å²) in [6.07, 6.45) is 0. The van der Waals surface area contributed by atoms with Crippen LogP contribution in [-0.2, 0) is 10.8 Å². The lowest BCUT2D eigenvalue weighted by Crippen LogP contribution is -2.17. The quantitative estimate of drug-likeness (QED) is 0.559. The second kappa shape index (κ2) is 5.44. The van der Waals surface area contributed by atoms with E-state index in [-0.39, 0.29) is 10.8 Å². The molecule has 0 bridgehead atoms. The number of benzene rings is 1. The fourth-order valence-corrected chi connectivity index (χ4v) is 2.13. The summed E-state index contributed by atoms with van der Waals surface area (Å²) in [4.78, 5) is 4.32. The van der Waals surface area contributed by atoms with E-state index >= 15 is 0 Å². The minimum absolute atomic E-state index is 0.0282. The van der Waals surface area contributed by atoms with Gasteiger partial charge in [-0.15, -0.1) is 0 Å². The molecule has 0 heterocycles. The van der Waals surface area contributed by atoms with Gasteiger partial charge in [0.2, 0.25) is 0 Å². The van der Waals surface area contributed by atoms with Crippen LogP contribution in [0.5, 0.6) is 5.75 Å². The smallest absolute Gasteiger partial charge is 0.119 e. The molecule has 0 saturated carbocycles. The molecule has 1 rings (SSSR count). The first-order valence-electron chi connectivity index (χ1n) is 6.42. The summed E-state index contributed by atoms with van der Waals surface area (Å²) in [5, 5.41) is 2.51. The second-order valence-electron chi connectivity index (χ2n) is 6.77. The number of isothiocyanates is 1. The zero-order valence-corrected chi connectivity index (χ0v) is 13.7. The fraction of sp³-hybridized carbons (Fsp3) is 0.562. The Bertz CT molecular complexity index is 480. The molecular weight excluding hydrogens is 254 g/mol. The summed E-state index contributed by atoms with van der Waals surface area (Å²) < 4.78 is 5.43. The van der Waals surface area contributed by atoms with Crippen LogP contribution in [0.1, 0.15) is 52.7 Å². The summed E-state index contributed by atoms with van der Waals surface area (Å²) in [5.74, 6) is 0.859. The Morgan fingerprint density at radius 3 is 1.68 bits per heavy atom. The van der Waals surface area contributed by atoms with Crippen molar-refractivity contribution in [2.75, 3.05) is 7.11 Å². The van der Waals surface area contributed by atoms with Crippen LogP contribution in [-0.4, -0.2) is 12.3 Å². The minimum Gasteiger partial charge on any atom is -0.497 e. The van der Waals surface area contributed by atoms with Gasteiger partial charge in [-0.05, 0) is 46.3 Å². The van der Waals surface area contributed by atoms with E-state index in [0.717, 1.165) is 22.6 Å². The van der Waals surface area contributed by atoms with Crippen molar-refractivity contribution >= 4 is 23.1 Å². The van der Waals surface area contributed by atoms with Crippen molar-refractivity contribution in [1.82, 2.24) is 0 Å². The monoisotopic (exact) mass is 277 g/mol. The Hall–Kier alpha value is -1.18. The van der Waals surface area contributed by atoms with Crippen LogP contribution in [0, 0.1) is 0 Å². The number of hydrogen-bond acceptors (Lipinski definition) is 3. The summed E-state index contributed by atoms with van der Waals surface area (Å²) in [6, 6.07) is 4.08. The number of ether oxygens (including phenoxy) is 1. The van der Waals surface area contributed by atoms with Crippen molar-refractivity contribution in [1.29, 1.82) is 0 Å². The number of hydrogen-bond donors (Lipinski definition) is 0. The number of methoxy groups -OCH3 is 1. The molecular formula is C16H23NOS. The van der Waals surface area contributed by atoms with Crippen LogP contribution in [0.15, 0.2) is 17.1 Å². The molecule has 0 fully saturated rings. The van der Waals surface area contributed by atoms with E-state index in [1.54, 1.807) is 7.11 Å². The maximum absolute atomic E-state index is 5.43. The summed E-state index contributed by atoms with van der Waals surface area (Å²) in [5.41, 5.74) is 3.14. The van der Waals surface area contributed by atoms with Gasteiger partial charge in [-0.25, -0.2) is 0 Å². The van der Waals surface area contributed by atoms with Gasteiger partial charge < -0.3 is 4.74 Å². The van der Waals surface area contributed by atoms with Crippen molar-refractivity contribution in [2.24, 2.45) is 4.99 Å². The van der Waals surface area contributed by atoms with E-state index in [1.807, 2.05) is 12.1 Å². The Morgan fingerprint density at radius 1 is 1.00 bits per heavy atom. The van der Waals surface area contributed by atoms with E-state index in [2.05, 4.69) is 51.7 Å². The van der Waals surface area contributed by atoms with Gasteiger partial charge in [-0.1, -0.05) is 41.5 Å². The Balaban J connectivity index is 3.75. The molecule has 0 atom stereocenters. The topological polar surface area (TPSA) is 21.6 Å². The van der Waals surface area contributed by atoms with Gasteiger partial charge >= 0.3 is 0 Å². The normalized spacial score (nSPS) is 11.9. The predicted octanol–water partition coefficient (Wildman–Crippen LogP) is 5.02. The van der Waals surface area contributed by atoms with Crippen LogP contribution in [0.3, 0.4) is 0 Å². The molecule has 19 heavy (non-hydrogen) atoms. The van der Waals surface area contributed by atoms with Gasteiger partial charge in [0.1, 0.15) is 5.75 Å². The van der Waals surface area contributed by atoms with E-state index in [9.17, 15) is 0 Å². The summed E-state index contributed by atoms with van der Waals surface area (Å²) in [6.45, 7) is 13.0. The van der Waals surface area contributed by atoms with Gasteiger partial charge in [0, 0.05) is 0 Å². The fourth-order valence-electron chi connectivity index (χ4n) is 2.04. The molecule has 3 heteroatoms. The van der Waals surface area contributed by atoms with Crippen molar-refractivity contribution in [3.8, 4) is 5.75 Å². The van der Waals surface area contributed by atoms with Crippen LogP contribution in [0.4, 0.5) is 5.69 Å². The molecule has 0 unspecified atom stereocenters. The Kier molecular flexibility index (Phi) is 4.54. The van der Waals surface area contributed by atoms with Crippen LogP contribution >= 0.6 is 12.2 Å². The average molecular weight is 277 g/mol. The number of rotatable bonds is 2. The molecule has 104 valence electrons. The third-order valence-electron chi connectivity index (χ3n) is 3.09. The van der Waals surface area contributed by atoms with E-state index in [4.69, 9.17) is 17.0 Å². The number of thiocarbonyl (C=S) groups is 1. The van der Waals surface area contributed by atoms with Gasteiger partial charge in [0.05, 0.1) is 18.0 Å². The van der Waals surface area contributed by atoms with Gasteiger partial charge in [0.25, 0.3) is 0 Å². The predicted molar refractivity (Wildman–Crippen MR) is 85.1 cm³/mol. The van der Waals surface area contributed by atoms with Gasteiger partial charge in [-0.2, -0.15) is 4.99 Å². The average Bonchev–Trinajstić information content (AvgIpc) is 2.26. The molecule has 0 spiro atoms. The summed E-state index contributed by atoms with van der Waals surface area (Å²) >= 11 is 4.81. The van der Waals surface area contributed by atoms with Crippen molar-refractivity contribution in [3.63, 3.8) is 0 Å². The van der Waals surface area contributed by atoms with E-state index in [0.29, 0.717) is 0 Å². The first kappa shape index (κ1) is 15.9. The Labute approximate surface area is 121 Å². The molecule has 0 saturated heterocycles.